The standard InChI is InChI=1S/C38H33NO4S/c1-26(44-38(27-15-5-2-6-16-27,28-17-7-3-8-18-28)29-19-9-4-10-20-29)35(36(40)41)39-37(42)43-25-34-32-23-13-11-21-30(32)31-22-12-14-24-33(31)34/h2-24,26,34-35H,25H2,1H3,(H,39,42)(H,40,41)/t26-,35-/m0/s1. The van der Waals surface area contributed by atoms with E-state index in [-0.39, 0.29) is 12.5 Å². The van der Waals surface area contributed by atoms with Crippen molar-refractivity contribution in [2.45, 2.75) is 28.9 Å². The summed E-state index contributed by atoms with van der Waals surface area (Å²) in [6.07, 6.45) is -0.753. The van der Waals surface area contributed by atoms with E-state index in [1.54, 1.807) is 0 Å². The molecule has 2 N–H and O–H groups in total. The maximum absolute atomic E-state index is 13.2. The van der Waals surface area contributed by atoms with Crippen molar-refractivity contribution < 1.29 is 19.4 Å². The first-order valence-electron chi connectivity index (χ1n) is 14.7. The van der Waals surface area contributed by atoms with E-state index in [1.807, 2.05) is 85.8 Å². The molecule has 0 aliphatic heterocycles. The molecule has 1 amide bonds. The van der Waals surface area contributed by atoms with E-state index in [4.69, 9.17) is 4.74 Å². The van der Waals surface area contributed by atoms with E-state index in [1.165, 1.54) is 11.8 Å². The fourth-order valence-electron chi connectivity index (χ4n) is 6.22. The minimum Gasteiger partial charge on any atom is -0.480 e. The molecule has 0 fully saturated rings. The highest BCUT2D eigenvalue weighted by Gasteiger charge is 2.42. The van der Waals surface area contributed by atoms with Crippen LogP contribution in [0, 0.1) is 0 Å². The Morgan fingerprint density at radius 3 is 1.55 bits per heavy atom. The number of rotatable bonds is 10. The Kier molecular flexibility index (Phi) is 8.53. The van der Waals surface area contributed by atoms with Crippen LogP contribution in [0.1, 0.15) is 40.7 Å². The van der Waals surface area contributed by atoms with Gasteiger partial charge in [0.25, 0.3) is 0 Å². The maximum atomic E-state index is 13.2. The van der Waals surface area contributed by atoms with Crippen LogP contribution in [0.4, 0.5) is 4.79 Å². The van der Waals surface area contributed by atoms with Gasteiger partial charge >= 0.3 is 12.1 Å². The number of fused-ring (bicyclic) bond motifs is 3. The monoisotopic (exact) mass is 599 g/mol. The summed E-state index contributed by atoms with van der Waals surface area (Å²) in [5, 5.41) is 12.5. The SMILES string of the molecule is C[C@H](SC(c1ccccc1)(c1ccccc1)c1ccccc1)[C@H](NC(=O)OCC1c2ccccc2-c2ccccc21)C(=O)O. The Balaban J connectivity index is 1.26. The van der Waals surface area contributed by atoms with Crippen LogP contribution in [-0.4, -0.2) is 35.1 Å². The molecule has 0 saturated heterocycles. The predicted molar refractivity (Wildman–Crippen MR) is 176 cm³/mol. The lowest BCUT2D eigenvalue weighted by atomic mass is 9.84. The third kappa shape index (κ3) is 5.61. The second-order valence-electron chi connectivity index (χ2n) is 10.9. The van der Waals surface area contributed by atoms with Gasteiger partial charge in [-0.25, -0.2) is 9.59 Å². The van der Waals surface area contributed by atoms with Crippen molar-refractivity contribution >= 4 is 23.8 Å². The number of benzene rings is 5. The zero-order chi connectivity index (χ0) is 30.5. The molecule has 2 atom stereocenters. The summed E-state index contributed by atoms with van der Waals surface area (Å²) in [6.45, 7) is 1.95. The number of aliphatic carboxylic acids is 1. The molecule has 0 bridgehead atoms. The zero-order valence-electron chi connectivity index (χ0n) is 24.3. The van der Waals surface area contributed by atoms with E-state index >= 15 is 0 Å². The second kappa shape index (κ2) is 12.8. The molecule has 0 spiro atoms. The van der Waals surface area contributed by atoms with Crippen molar-refractivity contribution in [3.05, 3.63) is 167 Å². The lowest BCUT2D eigenvalue weighted by Crippen LogP contribution is -2.48. The van der Waals surface area contributed by atoms with Gasteiger partial charge < -0.3 is 15.2 Å². The normalized spacial score (nSPS) is 13.8. The van der Waals surface area contributed by atoms with Crippen molar-refractivity contribution in [3.8, 4) is 11.1 Å². The van der Waals surface area contributed by atoms with Crippen LogP contribution in [0.25, 0.3) is 11.1 Å². The predicted octanol–water partition coefficient (Wildman–Crippen LogP) is 8.09. The van der Waals surface area contributed by atoms with Crippen LogP contribution in [0.15, 0.2) is 140 Å². The average molecular weight is 600 g/mol. The first kappa shape index (κ1) is 29.3. The zero-order valence-corrected chi connectivity index (χ0v) is 25.1. The summed E-state index contributed by atoms with van der Waals surface area (Å²) < 4.78 is 5.00. The molecule has 6 rings (SSSR count). The second-order valence-corrected chi connectivity index (χ2v) is 12.5. The summed E-state index contributed by atoms with van der Waals surface area (Å²) in [7, 11) is 0. The van der Waals surface area contributed by atoms with Gasteiger partial charge in [0.2, 0.25) is 0 Å². The topological polar surface area (TPSA) is 75.6 Å². The van der Waals surface area contributed by atoms with E-state index in [9.17, 15) is 14.7 Å². The Morgan fingerprint density at radius 2 is 1.11 bits per heavy atom. The van der Waals surface area contributed by atoms with Crippen LogP contribution in [-0.2, 0) is 14.3 Å². The third-order valence-corrected chi connectivity index (χ3v) is 9.96. The first-order chi connectivity index (χ1) is 21.5. The number of alkyl carbamates (subject to hydrolysis) is 1. The average Bonchev–Trinajstić information content (AvgIpc) is 3.39. The number of thioether (sulfide) groups is 1. The van der Waals surface area contributed by atoms with E-state index in [0.29, 0.717) is 0 Å². The molecule has 0 unspecified atom stereocenters. The highest BCUT2D eigenvalue weighted by Crippen LogP contribution is 2.50. The summed E-state index contributed by atoms with van der Waals surface area (Å²) in [5.41, 5.74) is 7.49. The quantitative estimate of drug-likeness (QED) is 0.159. The number of carbonyl (C=O) groups is 2. The van der Waals surface area contributed by atoms with Gasteiger partial charge in [-0.05, 0) is 38.9 Å². The van der Waals surface area contributed by atoms with Crippen LogP contribution < -0.4 is 5.32 Å². The van der Waals surface area contributed by atoms with Gasteiger partial charge in [-0.2, -0.15) is 0 Å². The minimum absolute atomic E-state index is 0.107. The molecule has 6 heteroatoms. The smallest absolute Gasteiger partial charge is 0.407 e. The molecular formula is C38H33NO4S. The van der Waals surface area contributed by atoms with E-state index in [2.05, 4.69) is 66.0 Å². The van der Waals surface area contributed by atoms with Crippen LogP contribution in [0.3, 0.4) is 0 Å². The van der Waals surface area contributed by atoms with Gasteiger partial charge in [-0.15, -0.1) is 11.8 Å². The summed E-state index contributed by atoms with van der Waals surface area (Å²) in [5.74, 6) is -1.24. The third-order valence-electron chi connectivity index (χ3n) is 8.26. The van der Waals surface area contributed by atoms with Gasteiger partial charge in [-0.3, -0.25) is 0 Å². The molecule has 5 aromatic rings. The summed E-state index contributed by atoms with van der Waals surface area (Å²) in [6, 6.07) is 45.3. The summed E-state index contributed by atoms with van der Waals surface area (Å²) >= 11 is 1.50. The lowest BCUT2D eigenvalue weighted by molar-refractivity contribution is -0.139. The van der Waals surface area contributed by atoms with Crippen molar-refractivity contribution in [2.75, 3.05) is 6.61 Å². The fourth-order valence-corrected chi connectivity index (χ4v) is 7.91. The largest absolute Gasteiger partial charge is 0.480 e. The van der Waals surface area contributed by atoms with Crippen LogP contribution in [0.2, 0.25) is 0 Å². The molecule has 44 heavy (non-hydrogen) atoms. The molecular weight excluding hydrogens is 566 g/mol. The fraction of sp³-hybridized carbons (Fsp3) is 0.158. The number of carbonyl (C=O) groups excluding carboxylic acids is 1. The molecule has 0 radical (unpaired) electrons. The molecule has 1 aliphatic carbocycles. The van der Waals surface area contributed by atoms with Crippen LogP contribution in [0.5, 0.6) is 0 Å². The number of amides is 1. The molecule has 0 saturated carbocycles. The van der Waals surface area contributed by atoms with Crippen molar-refractivity contribution in [2.24, 2.45) is 0 Å². The molecule has 5 aromatic carbocycles. The number of carboxylic acids is 1. The lowest BCUT2D eigenvalue weighted by Gasteiger charge is -2.38. The number of nitrogens with one attached hydrogen (secondary N) is 1. The minimum atomic E-state index is -1.20. The Labute approximate surface area is 261 Å². The van der Waals surface area contributed by atoms with Crippen molar-refractivity contribution in [1.82, 2.24) is 5.32 Å². The first-order valence-corrected chi connectivity index (χ1v) is 15.6. The number of hydrogen-bond acceptors (Lipinski definition) is 4. The van der Waals surface area contributed by atoms with Gasteiger partial charge in [-0.1, -0.05) is 146 Å². The van der Waals surface area contributed by atoms with Crippen molar-refractivity contribution in [1.29, 1.82) is 0 Å². The molecule has 1 aliphatic rings. The number of ether oxygens (including phenoxy) is 1. The van der Waals surface area contributed by atoms with Gasteiger partial charge in [0.15, 0.2) is 0 Å². The Hall–Kier alpha value is -4.81. The van der Waals surface area contributed by atoms with E-state index < -0.39 is 28.1 Å². The van der Waals surface area contributed by atoms with Crippen LogP contribution >= 0.6 is 11.8 Å². The maximum Gasteiger partial charge on any atom is 0.407 e. The highest BCUT2D eigenvalue weighted by atomic mass is 32.2. The Bertz CT molecular complexity index is 1600. The molecule has 0 heterocycles. The highest BCUT2D eigenvalue weighted by molar-refractivity contribution is 8.01. The molecule has 220 valence electrons. The number of carboxylic acid groups (broad SMARTS) is 1. The van der Waals surface area contributed by atoms with E-state index in [0.717, 1.165) is 38.9 Å². The molecule has 5 nitrogen and oxygen atoms in total. The van der Waals surface area contributed by atoms with Gasteiger partial charge in [0, 0.05) is 11.2 Å². The van der Waals surface area contributed by atoms with Crippen molar-refractivity contribution in [3.63, 3.8) is 0 Å². The van der Waals surface area contributed by atoms with Gasteiger partial charge in [0.05, 0.1) is 4.75 Å². The number of hydrogen-bond donors (Lipinski definition) is 2. The van der Waals surface area contributed by atoms with Gasteiger partial charge in [0.1, 0.15) is 12.6 Å². The molecule has 0 aromatic heterocycles. The Morgan fingerprint density at radius 1 is 0.705 bits per heavy atom. The summed E-state index contributed by atoms with van der Waals surface area (Å²) in [4.78, 5) is 25.9.